The van der Waals surface area contributed by atoms with Crippen molar-refractivity contribution in [1.82, 2.24) is 0 Å². The van der Waals surface area contributed by atoms with Gasteiger partial charge in [-0.1, -0.05) is 117 Å². The molecule has 4 aliphatic rings. The predicted molar refractivity (Wildman–Crippen MR) is 169 cm³/mol. The number of aryl methyl sites for hydroxylation is 2. The van der Waals surface area contributed by atoms with E-state index in [4.69, 9.17) is 0 Å². The zero-order valence-electron chi connectivity index (χ0n) is 26.9. The number of fused-ring (bicyclic) bond motifs is 5. The molecule has 6 rings (SSSR count). The molecular formula is C39H52. The molecular weight excluding hydrogens is 468 g/mol. The molecule has 39 heavy (non-hydrogen) atoms. The number of hydrogen-bond acceptors (Lipinski definition) is 0. The fourth-order valence-electron chi connectivity index (χ4n) is 9.43. The summed E-state index contributed by atoms with van der Waals surface area (Å²) in [5, 5.41) is 0. The summed E-state index contributed by atoms with van der Waals surface area (Å²) in [5.41, 5.74) is 18.0. The Morgan fingerprint density at radius 1 is 0.692 bits per heavy atom. The lowest BCUT2D eigenvalue weighted by Crippen LogP contribution is -2.33. The summed E-state index contributed by atoms with van der Waals surface area (Å²) in [6.07, 6.45) is 8.07. The van der Waals surface area contributed by atoms with E-state index in [2.05, 4.69) is 113 Å². The highest BCUT2D eigenvalue weighted by molar-refractivity contribution is 5.83. The lowest BCUT2D eigenvalue weighted by molar-refractivity contribution is 0.210. The molecule has 0 nitrogen and oxygen atoms in total. The molecule has 1 saturated carbocycles. The summed E-state index contributed by atoms with van der Waals surface area (Å²) in [7, 11) is 0. The van der Waals surface area contributed by atoms with Gasteiger partial charge in [-0.15, -0.1) is 0 Å². The van der Waals surface area contributed by atoms with Gasteiger partial charge in [-0.25, -0.2) is 0 Å². The van der Waals surface area contributed by atoms with Crippen LogP contribution < -0.4 is 0 Å². The molecule has 1 fully saturated rings. The smallest absolute Gasteiger partial charge is 0.0199 e. The maximum Gasteiger partial charge on any atom is 0.0199 e. The summed E-state index contributed by atoms with van der Waals surface area (Å²) < 4.78 is 0. The summed E-state index contributed by atoms with van der Waals surface area (Å²) in [5.74, 6) is 1.96. The van der Waals surface area contributed by atoms with Crippen LogP contribution in [0.3, 0.4) is 0 Å². The van der Waals surface area contributed by atoms with Crippen LogP contribution in [0.4, 0.5) is 0 Å². The molecule has 3 atom stereocenters. The zero-order chi connectivity index (χ0) is 28.4. The van der Waals surface area contributed by atoms with Crippen molar-refractivity contribution in [3.63, 3.8) is 0 Å². The molecule has 4 aliphatic carbocycles. The van der Waals surface area contributed by atoms with E-state index in [-0.39, 0.29) is 21.7 Å². The van der Waals surface area contributed by atoms with E-state index in [1.54, 1.807) is 22.3 Å². The van der Waals surface area contributed by atoms with Crippen molar-refractivity contribution >= 4 is 0 Å². The maximum atomic E-state index is 2.69. The topological polar surface area (TPSA) is 0 Å². The largest absolute Gasteiger partial charge is 0.0605 e. The van der Waals surface area contributed by atoms with E-state index in [0.29, 0.717) is 5.92 Å². The standard InChI is InChI=1S/C39H52/c1-22-16-29-26(20-32(22)37(6,7)8)27-21-33(38(9,10)11)23(2)17-30(27)35(29)39(12)31-15-13-14-25(31)28-18-24(19-34(28)39)36(3,4)5/h16-17,19-21,25,31,35H,13-15,18H2,1-12H3. The summed E-state index contributed by atoms with van der Waals surface area (Å²) in [6, 6.07) is 10.4. The van der Waals surface area contributed by atoms with Gasteiger partial charge in [0.2, 0.25) is 0 Å². The Labute approximate surface area is 239 Å². The normalized spacial score (nSPS) is 26.6. The first-order chi connectivity index (χ1) is 17.9. The molecule has 0 heterocycles. The number of hydrogen-bond donors (Lipinski definition) is 0. The molecule has 2 aromatic rings. The lowest BCUT2D eigenvalue weighted by Gasteiger charge is -2.42. The third kappa shape index (κ3) is 3.83. The third-order valence-corrected chi connectivity index (χ3v) is 11.2. The first kappa shape index (κ1) is 27.1. The number of rotatable bonds is 1. The van der Waals surface area contributed by atoms with Gasteiger partial charge in [-0.2, -0.15) is 0 Å². The first-order valence-corrected chi connectivity index (χ1v) is 15.7. The quantitative estimate of drug-likeness (QED) is 0.351. The Morgan fingerprint density at radius 2 is 1.21 bits per heavy atom. The molecule has 0 radical (unpaired) electrons. The average Bonchev–Trinajstić information content (AvgIpc) is 3.53. The van der Waals surface area contributed by atoms with Gasteiger partial charge in [-0.05, 0) is 111 Å². The Kier molecular flexibility index (Phi) is 5.73. The van der Waals surface area contributed by atoms with E-state index in [1.807, 2.05) is 5.57 Å². The summed E-state index contributed by atoms with van der Waals surface area (Å²) in [4.78, 5) is 0. The van der Waals surface area contributed by atoms with Crippen LogP contribution in [0, 0.1) is 36.5 Å². The Balaban J connectivity index is 1.64. The van der Waals surface area contributed by atoms with Gasteiger partial charge in [0.15, 0.2) is 0 Å². The molecule has 208 valence electrons. The van der Waals surface area contributed by atoms with Gasteiger partial charge in [0, 0.05) is 11.3 Å². The fourth-order valence-corrected chi connectivity index (χ4v) is 9.43. The minimum Gasteiger partial charge on any atom is -0.0605 e. The van der Waals surface area contributed by atoms with E-state index in [9.17, 15) is 0 Å². The van der Waals surface area contributed by atoms with Gasteiger partial charge in [-0.3, -0.25) is 0 Å². The van der Waals surface area contributed by atoms with E-state index in [0.717, 1.165) is 11.8 Å². The fraction of sp³-hybridized carbons (Fsp3) is 0.590. The minimum absolute atomic E-state index is 0.133. The van der Waals surface area contributed by atoms with Gasteiger partial charge < -0.3 is 0 Å². The van der Waals surface area contributed by atoms with Crippen LogP contribution in [-0.4, -0.2) is 0 Å². The Hall–Kier alpha value is -2.08. The third-order valence-electron chi connectivity index (χ3n) is 11.2. The molecule has 0 aromatic heterocycles. The predicted octanol–water partition coefficient (Wildman–Crippen LogP) is 11.1. The maximum absolute atomic E-state index is 2.69. The minimum atomic E-state index is 0.133. The average molecular weight is 521 g/mol. The molecule has 0 spiro atoms. The van der Waals surface area contributed by atoms with Crippen molar-refractivity contribution in [2.24, 2.45) is 22.7 Å². The molecule has 0 aliphatic heterocycles. The van der Waals surface area contributed by atoms with Crippen molar-refractivity contribution < 1.29 is 0 Å². The SMILES string of the molecule is Cc1cc2c(cc1C(C)(C)C)-c1cc(C(C)(C)C)c(C)cc1C2C1(C)C2=C(CC(C(C)(C)C)=C2)C2CCCC21. The first-order valence-electron chi connectivity index (χ1n) is 15.7. The molecule has 0 heteroatoms. The van der Waals surface area contributed by atoms with Gasteiger partial charge in [0.1, 0.15) is 0 Å². The zero-order valence-corrected chi connectivity index (χ0v) is 26.9. The van der Waals surface area contributed by atoms with E-state index >= 15 is 0 Å². The van der Waals surface area contributed by atoms with Crippen molar-refractivity contribution in [3.05, 3.63) is 80.4 Å². The molecule has 0 N–H and O–H groups in total. The van der Waals surface area contributed by atoms with E-state index < -0.39 is 0 Å². The van der Waals surface area contributed by atoms with Crippen LogP contribution in [0.2, 0.25) is 0 Å². The lowest BCUT2D eigenvalue weighted by atomic mass is 9.61. The molecule has 2 aromatic carbocycles. The highest BCUT2D eigenvalue weighted by Crippen LogP contribution is 2.70. The van der Waals surface area contributed by atoms with Crippen LogP contribution in [0.25, 0.3) is 11.1 Å². The Bertz CT molecular complexity index is 1370. The van der Waals surface area contributed by atoms with E-state index in [1.165, 1.54) is 59.1 Å². The second-order valence-corrected chi connectivity index (χ2v) is 16.9. The van der Waals surface area contributed by atoms with Crippen molar-refractivity contribution in [2.75, 3.05) is 0 Å². The van der Waals surface area contributed by atoms with Crippen molar-refractivity contribution in [2.45, 2.75) is 126 Å². The second-order valence-electron chi connectivity index (χ2n) is 16.9. The molecule has 0 saturated heterocycles. The molecule has 0 bridgehead atoms. The van der Waals surface area contributed by atoms with Crippen LogP contribution in [-0.2, 0) is 10.8 Å². The van der Waals surface area contributed by atoms with Gasteiger partial charge >= 0.3 is 0 Å². The van der Waals surface area contributed by atoms with Crippen LogP contribution in [0.5, 0.6) is 0 Å². The highest BCUT2D eigenvalue weighted by atomic mass is 14.6. The number of benzene rings is 2. The number of allylic oxidation sites excluding steroid dienone is 4. The molecule has 3 unspecified atom stereocenters. The van der Waals surface area contributed by atoms with Crippen molar-refractivity contribution in [1.29, 1.82) is 0 Å². The van der Waals surface area contributed by atoms with Gasteiger partial charge in [0.05, 0.1) is 0 Å². The second kappa shape index (κ2) is 8.24. The van der Waals surface area contributed by atoms with Crippen LogP contribution >= 0.6 is 0 Å². The highest BCUT2D eigenvalue weighted by Gasteiger charge is 2.59. The monoisotopic (exact) mass is 520 g/mol. The van der Waals surface area contributed by atoms with Crippen LogP contribution in [0.1, 0.15) is 134 Å². The van der Waals surface area contributed by atoms with Crippen LogP contribution in [0.15, 0.2) is 47.1 Å². The van der Waals surface area contributed by atoms with Gasteiger partial charge in [0.25, 0.3) is 0 Å². The van der Waals surface area contributed by atoms with Crippen molar-refractivity contribution in [3.8, 4) is 11.1 Å². The summed E-state index contributed by atoms with van der Waals surface area (Å²) >= 11 is 0. The Morgan fingerprint density at radius 3 is 1.67 bits per heavy atom. The molecule has 0 amide bonds. The summed E-state index contributed by atoms with van der Waals surface area (Å²) in [6.45, 7) is 28.9.